The zero-order valence-corrected chi connectivity index (χ0v) is 17.5. The van der Waals surface area contributed by atoms with E-state index in [-0.39, 0.29) is 31.5 Å². The minimum Gasteiger partial charge on any atom is -0.352 e. The number of nitrogens with one attached hydrogen (secondary N) is 1. The van der Waals surface area contributed by atoms with Crippen LogP contribution in [0.15, 0.2) is 24.3 Å². The molecule has 2 atom stereocenters. The molecule has 0 spiro atoms. The molecule has 3 rings (SSSR count). The fraction of sp³-hybridized carbons (Fsp3) is 0.600. The number of nitrogens with two attached hydrogens (primary N) is 1. The van der Waals surface area contributed by atoms with Gasteiger partial charge < -0.3 is 16.0 Å². The molecular weight excluding hydrogens is 421 g/mol. The lowest BCUT2D eigenvalue weighted by molar-refractivity contribution is -0.149. The fourth-order valence-corrected chi connectivity index (χ4v) is 5.01. The summed E-state index contributed by atoms with van der Waals surface area (Å²) in [6.07, 6.45) is -3.31. The number of likely N-dealkylation sites (tertiary alicyclic amines) is 1. The second-order valence-corrected chi connectivity index (χ2v) is 8.59. The van der Waals surface area contributed by atoms with Crippen molar-refractivity contribution in [1.82, 2.24) is 15.1 Å². The first-order chi connectivity index (χ1) is 14.0. The van der Waals surface area contributed by atoms with E-state index in [0.717, 1.165) is 5.56 Å². The molecule has 0 saturated carbocycles. The van der Waals surface area contributed by atoms with E-state index in [1.807, 2.05) is 0 Å². The first-order valence-electron chi connectivity index (χ1n) is 9.92. The van der Waals surface area contributed by atoms with Gasteiger partial charge in [0.05, 0.1) is 6.54 Å². The van der Waals surface area contributed by atoms with Crippen molar-refractivity contribution in [2.45, 2.75) is 37.4 Å². The largest absolute Gasteiger partial charge is 0.401 e. The molecule has 3 N–H and O–H groups in total. The Bertz CT molecular complexity index is 781. The smallest absolute Gasteiger partial charge is 0.352 e. The molecule has 2 heterocycles. The highest BCUT2D eigenvalue weighted by Crippen LogP contribution is 2.44. The molecule has 2 aliphatic heterocycles. The summed E-state index contributed by atoms with van der Waals surface area (Å²) in [6, 6.07) is 6.34. The van der Waals surface area contributed by atoms with Crippen molar-refractivity contribution in [3.05, 3.63) is 34.9 Å². The summed E-state index contributed by atoms with van der Waals surface area (Å²) in [7, 11) is 0. The van der Waals surface area contributed by atoms with Crippen LogP contribution in [0.1, 0.15) is 31.2 Å². The molecule has 166 valence electrons. The maximum absolute atomic E-state index is 13.1. The second kappa shape index (κ2) is 8.63. The van der Waals surface area contributed by atoms with Crippen LogP contribution in [0.25, 0.3) is 0 Å². The Kier molecular flexibility index (Phi) is 6.52. The van der Waals surface area contributed by atoms with E-state index >= 15 is 0 Å². The predicted molar refractivity (Wildman–Crippen MR) is 107 cm³/mol. The highest BCUT2D eigenvalue weighted by molar-refractivity contribution is 6.30. The molecule has 0 radical (unpaired) electrons. The van der Waals surface area contributed by atoms with E-state index in [0.29, 0.717) is 24.4 Å². The second-order valence-electron chi connectivity index (χ2n) is 8.15. The third-order valence-corrected chi connectivity index (χ3v) is 6.50. The number of carbonyl (C=O) groups is 2. The SMILES string of the molecule is CC1([C@@H](c2ccc(Cl)cc2)C2CCN(CC(F)(F)F)CC2)C(=O)NCCN1C(N)=O. The lowest BCUT2D eigenvalue weighted by Crippen LogP contribution is -2.69. The van der Waals surface area contributed by atoms with Crippen LogP contribution in [0.4, 0.5) is 18.0 Å². The molecule has 1 unspecified atom stereocenters. The minimum atomic E-state index is -4.25. The Hall–Kier alpha value is -2.00. The lowest BCUT2D eigenvalue weighted by atomic mass is 9.67. The number of halogens is 4. The first kappa shape index (κ1) is 22.7. The monoisotopic (exact) mass is 446 g/mol. The number of urea groups is 1. The molecule has 6 nitrogen and oxygen atoms in total. The molecule has 3 amide bonds. The van der Waals surface area contributed by atoms with Gasteiger partial charge in [-0.15, -0.1) is 0 Å². The van der Waals surface area contributed by atoms with Crippen LogP contribution in [-0.2, 0) is 4.79 Å². The summed E-state index contributed by atoms with van der Waals surface area (Å²) in [5, 5.41) is 3.35. The summed E-state index contributed by atoms with van der Waals surface area (Å²) < 4.78 is 38.3. The van der Waals surface area contributed by atoms with Gasteiger partial charge in [0, 0.05) is 24.0 Å². The van der Waals surface area contributed by atoms with Crippen molar-refractivity contribution in [2.75, 3.05) is 32.7 Å². The summed E-state index contributed by atoms with van der Waals surface area (Å²) in [6.45, 7) is 1.85. The molecular formula is C20H26ClF3N4O2. The zero-order chi connectivity index (χ0) is 22.1. The average molecular weight is 447 g/mol. The number of nitrogens with zero attached hydrogens (tertiary/aromatic N) is 2. The summed E-state index contributed by atoms with van der Waals surface area (Å²) >= 11 is 6.03. The van der Waals surface area contributed by atoms with Crippen LogP contribution in [-0.4, -0.2) is 66.2 Å². The quantitative estimate of drug-likeness (QED) is 0.746. The van der Waals surface area contributed by atoms with Crippen LogP contribution in [0.5, 0.6) is 0 Å². The van der Waals surface area contributed by atoms with Crippen LogP contribution in [0.2, 0.25) is 5.02 Å². The lowest BCUT2D eigenvalue weighted by Gasteiger charge is -2.51. The Morgan fingerprint density at radius 1 is 1.27 bits per heavy atom. The van der Waals surface area contributed by atoms with E-state index in [1.165, 1.54) is 9.80 Å². The molecule has 0 bridgehead atoms. The van der Waals surface area contributed by atoms with Gasteiger partial charge in [0.15, 0.2) is 0 Å². The average Bonchev–Trinajstić information content (AvgIpc) is 2.66. The van der Waals surface area contributed by atoms with Crippen LogP contribution >= 0.6 is 11.6 Å². The minimum absolute atomic E-state index is 0.105. The third kappa shape index (κ3) is 4.67. The number of piperazine rings is 1. The molecule has 1 aromatic rings. The van der Waals surface area contributed by atoms with Gasteiger partial charge in [-0.25, -0.2) is 4.79 Å². The molecule has 0 aromatic heterocycles. The number of piperidine rings is 1. The van der Waals surface area contributed by atoms with Gasteiger partial charge in [-0.3, -0.25) is 9.69 Å². The number of hydrogen-bond donors (Lipinski definition) is 2. The standard InChI is InChI=1S/C20H26ClF3N4O2/c1-19(17(29)26-8-11-28(19)18(25)30)16(13-2-4-15(21)5-3-13)14-6-9-27(10-7-14)12-20(22,23)24/h2-5,14,16H,6-12H2,1H3,(H2,25,30)(H,26,29)/t16-,19?/m0/s1. The van der Waals surface area contributed by atoms with Gasteiger partial charge in [0.2, 0.25) is 5.91 Å². The number of primary amides is 1. The number of benzene rings is 1. The van der Waals surface area contributed by atoms with Crippen LogP contribution < -0.4 is 11.1 Å². The van der Waals surface area contributed by atoms with Crippen molar-refractivity contribution in [3.63, 3.8) is 0 Å². The highest BCUT2D eigenvalue weighted by atomic mass is 35.5. The molecule has 1 aromatic carbocycles. The summed E-state index contributed by atoms with van der Waals surface area (Å²) in [5.74, 6) is -0.854. The van der Waals surface area contributed by atoms with E-state index < -0.39 is 30.2 Å². The van der Waals surface area contributed by atoms with Gasteiger partial charge in [-0.05, 0) is 56.5 Å². The van der Waals surface area contributed by atoms with Gasteiger partial charge in [0.1, 0.15) is 5.54 Å². The normalized spacial score (nSPS) is 25.1. The molecule has 30 heavy (non-hydrogen) atoms. The topological polar surface area (TPSA) is 78.7 Å². The Morgan fingerprint density at radius 3 is 2.40 bits per heavy atom. The molecule has 2 fully saturated rings. The van der Waals surface area contributed by atoms with Crippen molar-refractivity contribution in [1.29, 1.82) is 0 Å². The molecule has 10 heteroatoms. The van der Waals surface area contributed by atoms with Gasteiger partial charge in [-0.2, -0.15) is 13.2 Å². The predicted octanol–water partition coefficient (Wildman–Crippen LogP) is 2.97. The number of hydrogen-bond acceptors (Lipinski definition) is 3. The van der Waals surface area contributed by atoms with Crippen molar-refractivity contribution in [2.24, 2.45) is 11.7 Å². The number of amides is 3. The highest BCUT2D eigenvalue weighted by Gasteiger charge is 2.53. The molecule has 0 aliphatic carbocycles. The van der Waals surface area contributed by atoms with Gasteiger partial charge >= 0.3 is 12.2 Å². The van der Waals surface area contributed by atoms with E-state index in [4.69, 9.17) is 17.3 Å². The van der Waals surface area contributed by atoms with E-state index in [1.54, 1.807) is 31.2 Å². The van der Waals surface area contributed by atoms with Crippen molar-refractivity contribution < 1.29 is 22.8 Å². The van der Waals surface area contributed by atoms with Gasteiger partial charge in [-0.1, -0.05) is 23.7 Å². The third-order valence-electron chi connectivity index (χ3n) is 6.25. The molecule has 2 saturated heterocycles. The maximum atomic E-state index is 13.1. The number of rotatable bonds is 4. The maximum Gasteiger partial charge on any atom is 0.401 e. The van der Waals surface area contributed by atoms with Crippen molar-refractivity contribution >= 4 is 23.5 Å². The number of carbonyl (C=O) groups excluding carboxylic acids is 2. The Labute approximate surface area is 178 Å². The first-order valence-corrected chi connectivity index (χ1v) is 10.3. The number of alkyl halides is 3. The van der Waals surface area contributed by atoms with Gasteiger partial charge in [0.25, 0.3) is 0 Å². The fourth-order valence-electron chi connectivity index (χ4n) is 4.89. The van der Waals surface area contributed by atoms with Crippen molar-refractivity contribution in [3.8, 4) is 0 Å². The van der Waals surface area contributed by atoms with Crippen LogP contribution in [0.3, 0.4) is 0 Å². The van der Waals surface area contributed by atoms with E-state index in [9.17, 15) is 22.8 Å². The molecule has 2 aliphatic rings. The summed E-state index contributed by atoms with van der Waals surface area (Å²) in [4.78, 5) is 28.0. The summed E-state index contributed by atoms with van der Waals surface area (Å²) in [5.41, 5.74) is 5.17. The van der Waals surface area contributed by atoms with Crippen LogP contribution in [0, 0.1) is 5.92 Å². The zero-order valence-electron chi connectivity index (χ0n) is 16.7. The Balaban J connectivity index is 1.95. The Morgan fingerprint density at radius 2 is 1.87 bits per heavy atom. The van der Waals surface area contributed by atoms with E-state index in [2.05, 4.69) is 5.32 Å².